The number of fused-ring (bicyclic) bond motifs is 1. The van der Waals surface area contributed by atoms with Gasteiger partial charge in [0.05, 0.1) is 34.6 Å². The Morgan fingerprint density at radius 2 is 1.97 bits per heavy atom. The number of aromatic nitrogens is 3. The van der Waals surface area contributed by atoms with Crippen LogP contribution in [0.15, 0.2) is 31.6 Å². The second kappa shape index (κ2) is 7.14. The average molecular weight is 443 g/mol. The largest absolute Gasteiger partial charge is 0.418 e. The number of hydrogen-bond donors (Lipinski definition) is 3. The molecule has 0 saturated heterocycles. The van der Waals surface area contributed by atoms with E-state index in [9.17, 15) is 26.4 Å². The molecule has 0 spiro atoms. The average Bonchev–Trinajstić information content (AvgIpc) is 3.12. The van der Waals surface area contributed by atoms with Gasteiger partial charge in [0.25, 0.3) is 0 Å². The van der Waals surface area contributed by atoms with E-state index in [-0.39, 0.29) is 22.8 Å². The standard InChI is InChI=1S/C16H16F3N7O3S/c1-8(20-3)14-21-7-25(23-14)13-5-10-9(2)26(24-30(4,28)29)15(27)22-12(10)6-11(13)16(17,18)19/h5-7,20,24H,1-2H2,3-4H3,(H,22,27). The Labute approximate surface area is 169 Å². The fourth-order valence-corrected chi connectivity index (χ4v) is 3.18. The summed E-state index contributed by atoms with van der Waals surface area (Å²) in [5, 5.41) is 9.49. The molecule has 1 aliphatic heterocycles. The highest BCUT2D eigenvalue weighted by Gasteiger charge is 2.38. The van der Waals surface area contributed by atoms with Gasteiger partial charge in [0.15, 0.2) is 5.82 Å². The lowest BCUT2D eigenvalue weighted by molar-refractivity contribution is -0.137. The number of hydrazine groups is 1. The van der Waals surface area contributed by atoms with Crippen molar-refractivity contribution in [3.63, 3.8) is 0 Å². The highest BCUT2D eigenvalue weighted by atomic mass is 32.2. The molecule has 0 fully saturated rings. The van der Waals surface area contributed by atoms with Crippen LogP contribution < -0.4 is 15.5 Å². The molecule has 0 unspecified atom stereocenters. The number of benzene rings is 1. The maximum atomic E-state index is 13.7. The SMILES string of the molecule is C=C(NC)c1ncn(-c2cc3c(cc2C(F)(F)F)NC(=O)N(NS(C)(=O)=O)C3=C)n1. The van der Waals surface area contributed by atoms with E-state index in [4.69, 9.17) is 0 Å². The quantitative estimate of drug-likeness (QED) is 0.648. The third kappa shape index (κ3) is 3.99. The van der Waals surface area contributed by atoms with Gasteiger partial charge in [0.2, 0.25) is 10.0 Å². The first-order valence-electron chi connectivity index (χ1n) is 8.14. The summed E-state index contributed by atoms with van der Waals surface area (Å²) in [5.74, 6) is 0.0795. The Balaban J connectivity index is 2.17. The molecular weight excluding hydrogens is 427 g/mol. The van der Waals surface area contributed by atoms with Crippen LogP contribution in [0.25, 0.3) is 17.1 Å². The molecule has 2 heterocycles. The van der Waals surface area contributed by atoms with Crippen LogP contribution in [0, 0.1) is 0 Å². The van der Waals surface area contributed by atoms with Crippen molar-refractivity contribution in [1.82, 2.24) is 29.9 Å². The molecule has 1 aromatic carbocycles. The summed E-state index contributed by atoms with van der Waals surface area (Å²) in [6, 6.07) is 0.796. The summed E-state index contributed by atoms with van der Waals surface area (Å²) in [6.07, 6.45) is -2.90. The molecule has 30 heavy (non-hydrogen) atoms. The van der Waals surface area contributed by atoms with Crippen molar-refractivity contribution in [2.24, 2.45) is 0 Å². The molecule has 0 radical (unpaired) electrons. The van der Waals surface area contributed by atoms with E-state index in [1.54, 1.807) is 7.05 Å². The number of hydrogen-bond acceptors (Lipinski definition) is 6. The van der Waals surface area contributed by atoms with Crippen LogP contribution in [0.5, 0.6) is 0 Å². The Morgan fingerprint density at radius 3 is 2.53 bits per heavy atom. The van der Waals surface area contributed by atoms with E-state index in [2.05, 4.69) is 33.9 Å². The lowest BCUT2D eigenvalue weighted by atomic mass is 10.0. The van der Waals surface area contributed by atoms with Crippen LogP contribution in [0.3, 0.4) is 0 Å². The van der Waals surface area contributed by atoms with Crippen molar-refractivity contribution in [3.05, 3.63) is 48.6 Å². The van der Waals surface area contributed by atoms with Gasteiger partial charge in [-0.2, -0.15) is 13.2 Å². The van der Waals surface area contributed by atoms with Crippen molar-refractivity contribution in [1.29, 1.82) is 0 Å². The summed E-state index contributed by atoms with van der Waals surface area (Å²) in [6.45, 7) is 7.28. The van der Waals surface area contributed by atoms with Gasteiger partial charge in [-0.05, 0) is 12.1 Å². The zero-order valence-electron chi connectivity index (χ0n) is 15.7. The predicted octanol–water partition coefficient (Wildman–Crippen LogP) is 1.76. The maximum Gasteiger partial charge on any atom is 0.418 e. The summed E-state index contributed by atoms with van der Waals surface area (Å²) in [4.78, 5) is 18.0. The Hall–Kier alpha value is -3.39. The first-order chi connectivity index (χ1) is 13.8. The van der Waals surface area contributed by atoms with Gasteiger partial charge in [-0.1, -0.05) is 13.2 Å². The summed E-state index contributed by atoms with van der Waals surface area (Å²) >= 11 is 0. The van der Waals surface area contributed by atoms with Gasteiger partial charge in [-0.3, -0.25) is 0 Å². The fraction of sp³-hybridized carbons (Fsp3) is 0.188. The number of halogens is 3. The Kier molecular flexibility index (Phi) is 5.07. The number of rotatable bonds is 5. The van der Waals surface area contributed by atoms with E-state index < -0.39 is 33.5 Å². The Morgan fingerprint density at radius 1 is 1.30 bits per heavy atom. The van der Waals surface area contributed by atoms with Crippen LogP contribution in [0.1, 0.15) is 17.0 Å². The van der Waals surface area contributed by atoms with E-state index in [0.29, 0.717) is 10.7 Å². The topological polar surface area (TPSA) is 121 Å². The number of amides is 2. The molecule has 10 nitrogen and oxygen atoms in total. The lowest BCUT2D eigenvalue weighted by Crippen LogP contribution is -2.48. The van der Waals surface area contributed by atoms with Crippen LogP contribution >= 0.6 is 0 Å². The number of nitrogens with one attached hydrogen (secondary N) is 3. The van der Waals surface area contributed by atoms with Gasteiger partial charge in [0.1, 0.15) is 6.33 Å². The first kappa shape index (κ1) is 21.3. The molecule has 14 heteroatoms. The van der Waals surface area contributed by atoms with Crippen molar-refractivity contribution < 1.29 is 26.4 Å². The highest BCUT2D eigenvalue weighted by molar-refractivity contribution is 7.88. The van der Waals surface area contributed by atoms with Crippen LogP contribution in [0.4, 0.5) is 23.7 Å². The molecule has 2 aromatic rings. The molecule has 3 N–H and O–H groups in total. The van der Waals surface area contributed by atoms with Crippen molar-refractivity contribution >= 4 is 33.1 Å². The fourth-order valence-electron chi connectivity index (χ4n) is 2.65. The zero-order valence-corrected chi connectivity index (χ0v) is 16.5. The van der Waals surface area contributed by atoms with E-state index >= 15 is 0 Å². The normalized spacial score (nSPS) is 14.4. The van der Waals surface area contributed by atoms with Crippen LogP contribution in [0.2, 0.25) is 0 Å². The highest BCUT2D eigenvalue weighted by Crippen LogP contribution is 2.40. The molecule has 0 bridgehead atoms. The molecule has 1 aromatic heterocycles. The minimum absolute atomic E-state index is 0.0539. The van der Waals surface area contributed by atoms with Gasteiger partial charge >= 0.3 is 12.2 Å². The second-order valence-electron chi connectivity index (χ2n) is 6.23. The van der Waals surface area contributed by atoms with Gasteiger partial charge in [-0.25, -0.2) is 27.9 Å². The van der Waals surface area contributed by atoms with E-state index in [0.717, 1.165) is 29.4 Å². The minimum atomic E-state index is -4.79. The van der Waals surface area contributed by atoms with Crippen LogP contribution in [-0.4, -0.2) is 47.5 Å². The molecule has 1 aliphatic rings. The first-order valence-corrected chi connectivity index (χ1v) is 10.0. The van der Waals surface area contributed by atoms with Crippen molar-refractivity contribution in [2.75, 3.05) is 18.6 Å². The lowest BCUT2D eigenvalue weighted by Gasteiger charge is -2.31. The third-order valence-electron chi connectivity index (χ3n) is 4.03. The van der Waals surface area contributed by atoms with Gasteiger partial charge < -0.3 is 10.6 Å². The summed E-state index contributed by atoms with van der Waals surface area (Å²) < 4.78 is 65.0. The smallest absolute Gasteiger partial charge is 0.385 e. The number of urea groups is 1. The minimum Gasteiger partial charge on any atom is -0.385 e. The number of carbonyl (C=O) groups excluding carboxylic acids is 1. The molecule has 0 aliphatic carbocycles. The number of nitrogens with zero attached hydrogens (tertiary/aromatic N) is 4. The van der Waals surface area contributed by atoms with E-state index in [1.165, 1.54) is 0 Å². The van der Waals surface area contributed by atoms with Crippen LogP contribution in [-0.2, 0) is 16.2 Å². The van der Waals surface area contributed by atoms with Gasteiger partial charge in [-0.15, -0.1) is 9.93 Å². The number of sulfonamides is 1. The molecule has 3 rings (SSSR count). The molecular formula is C16H16F3N7O3S. The number of carbonyl (C=O) groups is 1. The number of anilines is 1. The zero-order chi connectivity index (χ0) is 22.4. The predicted molar refractivity (Wildman–Crippen MR) is 102 cm³/mol. The second-order valence-corrected chi connectivity index (χ2v) is 7.96. The molecule has 2 amide bonds. The monoisotopic (exact) mass is 443 g/mol. The summed E-state index contributed by atoms with van der Waals surface area (Å²) in [5.41, 5.74) is -1.51. The molecule has 0 saturated carbocycles. The third-order valence-corrected chi connectivity index (χ3v) is 4.55. The maximum absolute atomic E-state index is 13.7. The van der Waals surface area contributed by atoms with Crippen molar-refractivity contribution in [2.45, 2.75) is 6.18 Å². The Bertz CT molecular complexity index is 1170. The molecule has 160 valence electrons. The summed E-state index contributed by atoms with van der Waals surface area (Å²) in [7, 11) is -2.31. The van der Waals surface area contributed by atoms with Gasteiger partial charge in [0, 0.05) is 12.6 Å². The molecule has 0 atom stereocenters. The number of alkyl halides is 3. The van der Waals surface area contributed by atoms with Crippen molar-refractivity contribution in [3.8, 4) is 5.69 Å². The van der Waals surface area contributed by atoms with E-state index in [1.807, 2.05) is 4.83 Å².